The molecule has 1 aliphatic heterocycles. The number of imidazole rings is 1. The molecule has 1 aromatic heterocycles. The summed E-state index contributed by atoms with van der Waals surface area (Å²) in [6.07, 6.45) is 2.57. The Morgan fingerprint density at radius 1 is 1.14 bits per heavy atom. The SMILES string of the molecule is CN(CCN1CCCC1)C(=O)c1ccc(CSc2nc3ccccc3[nH]2)cc1. The molecule has 0 radical (unpaired) electrons. The Kier molecular flexibility index (Phi) is 5.98. The molecule has 2 heterocycles. The molecule has 2 aromatic carbocycles. The van der Waals surface area contributed by atoms with Crippen LogP contribution in [0.3, 0.4) is 0 Å². The molecule has 0 unspecified atom stereocenters. The average molecular weight is 395 g/mol. The van der Waals surface area contributed by atoms with E-state index in [1.807, 2.05) is 60.5 Å². The summed E-state index contributed by atoms with van der Waals surface area (Å²) in [6.45, 7) is 4.08. The average Bonchev–Trinajstić information content (AvgIpc) is 3.39. The summed E-state index contributed by atoms with van der Waals surface area (Å²) in [6, 6.07) is 16.0. The van der Waals surface area contributed by atoms with Crippen molar-refractivity contribution in [3.63, 3.8) is 0 Å². The molecule has 0 bridgehead atoms. The molecule has 1 fully saturated rings. The fraction of sp³-hybridized carbons (Fsp3) is 0.364. The summed E-state index contributed by atoms with van der Waals surface area (Å²) in [5, 5.41) is 0.919. The number of likely N-dealkylation sites (N-methyl/N-ethyl adjacent to an activating group) is 1. The zero-order chi connectivity index (χ0) is 19.3. The van der Waals surface area contributed by atoms with Crippen molar-refractivity contribution in [3.05, 3.63) is 59.7 Å². The largest absolute Gasteiger partial charge is 0.340 e. The number of likely N-dealkylation sites (tertiary alicyclic amines) is 1. The maximum atomic E-state index is 12.6. The fourth-order valence-electron chi connectivity index (χ4n) is 3.51. The number of H-pyrrole nitrogens is 1. The second-order valence-electron chi connectivity index (χ2n) is 7.32. The number of para-hydroxylation sites is 2. The number of benzene rings is 2. The molecule has 0 aliphatic carbocycles. The predicted octanol–water partition coefficient (Wildman–Crippen LogP) is 4.02. The number of rotatable bonds is 7. The molecule has 0 spiro atoms. The Labute approximate surface area is 170 Å². The Hall–Kier alpha value is -2.31. The van der Waals surface area contributed by atoms with E-state index in [0.717, 1.165) is 40.6 Å². The Balaban J connectivity index is 1.30. The zero-order valence-corrected chi connectivity index (χ0v) is 17.0. The van der Waals surface area contributed by atoms with Crippen LogP contribution in [-0.2, 0) is 5.75 Å². The van der Waals surface area contributed by atoms with Gasteiger partial charge in [-0.05, 0) is 55.8 Å². The number of fused-ring (bicyclic) bond motifs is 1. The minimum atomic E-state index is 0.0932. The van der Waals surface area contributed by atoms with Gasteiger partial charge in [0.05, 0.1) is 11.0 Å². The van der Waals surface area contributed by atoms with E-state index in [4.69, 9.17) is 0 Å². The lowest BCUT2D eigenvalue weighted by atomic mass is 10.1. The number of nitrogens with one attached hydrogen (secondary N) is 1. The lowest BCUT2D eigenvalue weighted by Gasteiger charge is -2.21. The van der Waals surface area contributed by atoms with Gasteiger partial charge < -0.3 is 14.8 Å². The third-order valence-corrected chi connectivity index (χ3v) is 6.19. The van der Waals surface area contributed by atoms with Gasteiger partial charge in [0, 0.05) is 31.5 Å². The molecular formula is C22H26N4OS. The van der Waals surface area contributed by atoms with Crippen LogP contribution in [0.25, 0.3) is 11.0 Å². The number of nitrogens with zero attached hydrogens (tertiary/aromatic N) is 3. The first kappa shape index (κ1) is 19.0. The number of aromatic nitrogens is 2. The van der Waals surface area contributed by atoms with Gasteiger partial charge in [0.25, 0.3) is 5.91 Å². The van der Waals surface area contributed by atoms with E-state index >= 15 is 0 Å². The molecule has 6 heteroatoms. The number of aromatic amines is 1. The van der Waals surface area contributed by atoms with Crippen molar-refractivity contribution in [1.29, 1.82) is 0 Å². The molecule has 4 rings (SSSR count). The molecule has 1 N–H and O–H groups in total. The van der Waals surface area contributed by atoms with Crippen molar-refractivity contribution in [2.45, 2.75) is 23.8 Å². The third-order valence-electron chi connectivity index (χ3n) is 5.24. The quantitative estimate of drug-likeness (QED) is 0.615. The summed E-state index contributed by atoms with van der Waals surface area (Å²) in [5.41, 5.74) is 3.98. The van der Waals surface area contributed by atoms with Crippen molar-refractivity contribution < 1.29 is 4.79 Å². The van der Waals surface area contributed by atoms with Gasteiger partial charge >= 0.3 is 0 Å². The van der Waals surface area contributed by atoms with E-state index < -0.39 is 0 Å². The lowest BCUT2D eigenvalue weighted by Crippen LogP contribution is -2.35. The van der Waals surface area contributed by atoms with Gasteiger partial charge in [-0.25, -0.2) is 4.98 Å². The monoisotopic (exact) mass is 394 g/mol. The summed E-state index contributed by atoms with van der Waals surface area (Å²) in [5.74, 6) is 0.912. The second kappa shape index (κ2) is 8.80. The molecule has 0 saturated carbocycles. The molecule has 1 amide bonds. The first-order valence-corrected chi connectivity index (χ1v) is 10.8. The van der Waals surface area contributed by atoms with Gasteiger partial charge in [-0.3, -0.25) is 4.79 Å². The van der Waals surface area contributed by atoms with Crippen molar-refractivity contribution in [2.75, 3.05) is 33.2 Å². The van der Waals surface area contributed by atoms with Crippen molar-refractivity contribution in [1.82, 2.24) is 19.8 Å². The van der Waals surface area contributed by atoms with Crippen LogP contribution in [0.4, 0.5) is 0 Å². The number of hydrogen-bond donors (Lipinski definition) is 1. The highest BCUT2D eigenvalue weighted by atomic mass is 32.2. The molecule has 5 nitrogen and oxygen atoms in total. The topological polar surface area (TPSA) is 52.2 Å². The van der Waals surface area contributed by atoms with E-state index in [2.05, 4.69) is 14.9 Å². The van der Waals surface area contributed by atoms with Gasteiger partial charge in [-0.2, -0.15) is 0 Å². The number of hydrogen-bond acceptors (Lipinski definition) is 4. The summed E-state index contributed by atoms with van der Waals surface area (Å²) < 4.78 is 0. The lowest BCUT2D eigenvalue weighted by molar-refractivity contribution is 0.0782. The molecule has 146 valence electrons. The summed E-state index contributed by atoms with van der Waals surface area (Å²) in [4.78, 5) is 24.8. The highest BCUT2D eigenvalue weighted by Crippen LogP contribution is 2.23. The van der Waals surface area contributed by atoms with Crippen LogP contribution in [0.5, 0.6) is 0 Å². The minimum absolute atomic E-state index is 0.0932. The zero-order valence-electron chi connectivity index (χ0n) is 16.2. The van der Waals surface area contributed by atoms with Gasteiger partial charge in [0.15, 0.2) is 5.16 Å². The van der Waals surface area contributed by atoms with E-state index in [0.29, 0.717) is 0 Å². The van der Waals surface area contributed by atoms with Crippen LogP contribution in [0.2, 0.25) is 0 Å². The van der Waals surface area contributed by atoms with Crippen molar-refractivity contribution in [3.8, 4) is 0 Å². The smallest absolute Gasteiger partial charge is 0.253 e. The molecule has 28 heavy (non-hydrogen) atoms. The van der Waals surface area contributed by atoms with Crippen LogP contribution in [0.15, 0.2) is 53.7 Å². The standard InChI is InChI=1S/C22H26N4OS/c1-25(14-15-26-12-4-5-13-26)21(27)18-10-8-17(9-11-18)16-28-22-23-19-6-2-3-7-20(19)24-22/h2-3,6-11H,4-5,12-16H2,1H3,(H,23,24). The normalized spacial score (nSPS) is 14.6. The highest BCUT2D eigenvalue weighted by molar-refractivity contribution is 7.98. The highest BCUT2D eigenvalue weighted by Gasteiger charge is 2.15. The van der Waals surface area contributed by atoms with Crippen LogP contribution in [0.1, 0.15) is 28.8 Å². The van der Waals surface area contributed by atoms with E-state index in [-0.39, 0.29) is 5.91 Å². The first-order valence-electron chi connectivity index (χ1n) is 9.83. The van der Waals surface area contributed by atoms with Crippen molar-refractivity contribution >= 4 is 28.7 Å². The van der Waals surface area contributed by atoms with Crippen LogP contribution >= 0.6 is 11.8 Å². The Morgan fingerprint density at radius 3 is 2.64 bits per heavy atom. The maximum Gasteiger partial charge on any atom is 0.253 e. The predicted molar refractivity (Wildman–Crippen MR) is 115 cm³/mol. The molecule has 0 atom stereocenters. The van der Waals surface area contributed by atoms with Crippen LogP contribution < -0.4 is 0 Å². The van der Waals surface area contributed by atoms with E-state index in [1.54, 1.807) is 11.8 Å². The molecule has 1 saturated heterocycles. The van der Waals surface area contributed by atoms with Gasteiger partial charge in [0.1, 0.15) is 0 Å². The molecule has 3 aromatic rings. The number of carbonyl (C=O) groups is 1. The summed E-state index contributed by atoms with van der Waals surface area (Å²) >= 11 is 1.67. The van der Waals surface area contributed by atoms with Gasteiger partial charge in [-0.15, -0.1) is 0 Å². The maximum absolute atomic E-state index is 12.6. The minimum Gasteiger partial charge on any atom is -0.340 e. The second-order valence-corrected chi connectivity index (χ2v) is 8.28. The Morgan fingerprint density at radius 2 is 1.89 bits per heavy atom. The van der Waals surface area contributed by atoms with E-state index in [9.17, 15) is 4.79 Å². The number of carbonyl (C=O) groups excluding carboxylic acids is 1. The van der Waals surface area contributed by atoms with Gasteiger partial charge in [-0.1, -0.05) is 36.0 Å². The van der Waals surface area contributed by atoms with Gasteiger partial charge in [0.2, 0.25) is 0 Å². The van der Waals surface area contributed by atoms with E-state index in [1.165, 1.54) is 31.5 Å². The molecular weight excluding hydrogens is 368 g/mol. The number of thioether (sulfide) groups is 1. The van der Waals surface area contributed by atoms with Crippen LogP contribution in [0, 0.1) is 0 Å². The summed E-state index contributed by atoms with van der Waals surface area (Å²) in [7, 11) is 1.89. The van der Waals surface area contributed by atoms with Crippen LogP contribution in [-0.4, -0.2) is 58.9 Å². The first-order chi connectivity index (χ1) is 13.7. The fourth-order valence-corrected chi connectivity index (χ4v) is 4.35. The Bertz CT molecular complexity index is 898. The number of amides is 1. The van der Waals surface area contributed by atoms with Crippen molar-refractivity contribution in [2.24, 2.45) is 0 Å². The third kappa shape index (κ3) is 4.56. The molecule has 1 aliphatic rings.